The largest absolute Gasteiger partial charge is 0.322 e. The van der Waals surface area contributed by atoms with Gasteiger partial charge >= 0.3 is 0 Å². The zero-order valence-electron chi connectivity index (χ0n) is 10.3. The molecule has 0 N–H and O–H groups in total. The van der Waals surface area contributed by atoms with E-state index in [-0.39, 0.29) is 0 Å². The van der Waals surface area contributed by atoms with Gasteiger partial charge in [-0.05, 0) is 20.3 Å². The number of rotatable bonds is 3. The average molecular weight is 186 g/mol. The minimum Gasteiger partial charge on any atom is -0.322 e. The lowest BCUT2D eigenvalue weighted by atomic mass is 10.2. The summed E-state index contributed by atoms with van der Waals surface area (Å²) in [5.74, 6) is 0. The van der Waals surface area contributed by atoms with Gasteiger partial charge in [0.25, 0.3) is 0 Å². The molecule has 0 amide bonds. The van der Waals surface area contributed by atoms with Crippen LogP contribution in [0.4, 0.5) is 0 Å². The summed E-state index contributed by atoms with van der Waals surface area (Å²) in [5, 5.41) is 0. The van der Waals surface area contributed by atoms with Crippen molar-refractivity contribution in [3.05, 3.63) is 0 Å². The molecule has 0 radical (unpaired) electrons. The number of hydrogen-bond donors (Lipinski definition) is 0. The molecule has 1 rings (SSSR count). The fourth-order valence-corrected chi connectivity index (χ4v) is 2.42. The van der Waals surface area contributed by atoms with Gasteiger partial charge in [0.15, 0.2) is 0 Å². The fourth-order valence-electron chi connectivity index (χ4n) is 2.42. The first-order valence-electron chi connectivity index (χ1n) is 6.11. The third kappa shape index (κ3) is 2.98. The van der Waals surface area contributed by atoms with E-state index < -0.39 is 0 Å². The second-order valence-corrected chi connectivity index (χ2v) is 3.95. The lowest BCUT2D eigenvalue weighted by molar-refractivity contribution is -0.937. The second kappa shape index (κ2) is 6.42. The second-order valence-electron chi connectivity index (χ2n) is 3.95. The van der Waals surface area contributed by atoms with Crippen molar-refractivity contribution in [2.45, 2.75) is 59.9 Å². The summed E-state index contributed by atoms with van der Waals surface area (Å²) in [7, 11) is 0. The van der Waals surface area contributed by atoms with Crippen LogP contribution in [-0.4, -0.2) is 30.2 Å². The van der Waals surface area contributed by atoms with Gasteiger partial charge < -0.3 is 4.48 Å². The average Bonchev–Trinajstić information content (AvgIpc) is 2.69. The molecule has 1 heterocycles. The van der Waals surface area contributed by atoms with Crippen LogP contribution in [0.25, 0.3) is 0 Å². The van der Waals surface area contributed by atoms with Crippen molar-refractivity contribution in [3.63, 3.8) is 0 Å². The van der Waals surface area contributed by atoms with Crippen molar-refractivity contribution >= 4 is 0 Å². The van der Waals surface area contributed by atoms with Crippen LogP contribution in [-0.2, 0) is 0 Å². The van der Waals surface area contributed by atoms with Gasteiger partial charge in [-0.3, -0.25) is 0 Å². The Morgan fingerprint density at radius 2 is 1.54 bits per heavy atom. The van der Waals surface area contributed by atoms with Crippen molar-refractivity contribution in [3.8, 4) is 0 Å². The molecule has 0 aromatic carbocycles. The van der Waals surface area contributed by atoms with E-state index in [1.807, 2.05) is 13.8 Å². The molecule has 1 saturated heterocycles. The van der Waals surface area contributed by atoms with E-state index >= 15 is 0 Å². The zero-order valence-corrected chi connectivity index (χ0v) is 10.3. The maximum absolute atomic E-state index is 2.41. The first-order valence-corrected chi connectivity index (χ1v) is 6.11. The highest BCUT2D eigenvalue weighted by Crippen LogP contribution is 2.24. The van der Waals surface area contributed by atoms with Gasteiger partial charge in [0, 0.05) is 12.8 Å². The van der Waals surface area contributed by atoms with Crippen LogP contribution < -0.4 is 0 Å². The third-order valence-electron chi connectivity index (χ3n) is 3.61. The summed E-state index contributed by atoms with van der Waals surface area (Å²) in [6.45, 7) is 15.3. The van der Waals surface area contributed by atoms with Crippen LogP contribution in [0.15, 0.2) is 0 Å². The smallest absolute Gasteiger partial charge is 0.0859 e. The van der Waals surface area contributed by atoms with Crippen LogP contribution >= 0.6 is 0 Å². The van der Waals surface area contributed by atoms with Crippen LogP contribution in [0.5, 0.6) is 0 Å². The minimum atomic E-state index is 0.891. The summed E-state index contributed by atoms with van der Waals surface area (Å²) in [6.07, 6.45) is 4.25. The van der Waals surface area contributed by atoms with Crippen LogP contribution in [0.2, 0.25) is 0 Å². The normalized spacial score (nSPS) is 21.9. The summed E-state index contributed by atoms with van der Waals surface area (Å²) >= 11 is 0. The van der Waals surface area contributed by atoms with E-state index in [0.29, 0.717) is 0 Å². The van der Waals surface area contributed by atoms with Crippen molar-refractivity contribution < 1.29 is 4.48 Å². The first-order chi connectivity index (χ1) is 6.25. The molecule has 0 spiro atoms. The van der Waals surface area contributed by atoms with Crippen molar-refractivity contribution in [2.75, 3.05) is 19.6 Å². The van der Waals surface area contributed by atoms with Crippen molar-refractivity contribution in [1.82, 2.24) is 0 Å². The lowest BCUT2D eigenvalue weighted by Gasteiger charge is -2.38. The number of hydrogen-bond acceptors (Lipinski definition) is 0. The Hall–Kier alpha value is -0.0400. The molecule has 80 valence electrons. The van der Waals surface area contributed by atoms with Crippen molar-refractivity contribution in [1.29, 1.82) is 0 Å². The standard InChI is InChI=1S/C10H22N.C2H6/c1-4-10(3)11(5-2)8-6-7-9-11;1-2/h10H,4-9H2,1-3H3;1-2H3/q+1;. The van der Waals surface area contributed by atoms with Crippen LogP contribution in [0.3, 0.4) is 0 Å². The molecule has 1 heteroatoms. The van der Waals surface area contributed by atoms with Gasteiger partial charge in [-0.15, -0.1) is 0 Å². The zero-order chi connectivity index (χ0) is 10.3. The molecule has 0 saturated carbocycles. The molecule has 13 heavy (non-hydrogen) atoms. The van der Waals surface area contributed by atoms with E-state index in [1.54, 1.807) is 0 Å². The molecule has 0 aliphatic carbocycles. The van der Waals surface area contributed by atoms with Crippen LogP contribution in [0, 0.1) is 0 Å². The number of likely N-dealkylation sites (tertiary alicyclic amines) is 1. The predicted octanol–water partition coefficient (Wildman–Crippen LogP) is 3.44. The van der Waals surface area contributed by atoms with Gasteiger partial charge in [-0.25, -0.2) is 0 Å². The highest BCUT2D eigenvalue weighted by molar-refractivity contribution is 4.59. The van der Waals surface area contributed by atoms with Gasteiger partial charge in [-0.1, -0.05) is 20.8 Å². The monoisotopic (exact) mass is 186 g/mol. The Morgan fingerprint density at radius 3 is 1.85 bits per heavy atom. The molecule has 0 aromatic rings. The van der Waals surface area contributed by atoms with Crippen molar-refractivity contribution in [2.24, 2.45) is 0 Å². The van der Waals surface area contributed by atoms with E-state index in [2.05, 4.69) is 20.8 Å². The van der Waals surface area contributed by atoms with Gasteiger partial charge in [-0.2, -0.15) is 0 Å². The predicted molar refractivity (Wildman–Crippen MR) is 60.9 cm³/mol. The van der Waals surface area contributed by atoms with Gasteiger partial charge in [0.1, 0.15) is 0 Å². The first kappa shape index (κ1) is 13.0. The van der Waals surface area contributed by atoms with Gasteiger partial charge in [0.05, 0.1) is 25.7 Å². The summed E-state index contributed by atoms with van der Waals surface area (Å²) < 4.78 is 1.40. The number of quaternary nitrogens is 1. The van der Waals surface area contributed by atoms with E-state index in [0.717, 1.165) is 6.04 Å². The quantitative estimate of drug-likeness (QED) is 0.592. The maximum atomic E-state index is 2.41. The maximum Gasteiger partial charge on any atom is 0.0859 e. The van der Waals surface area contributed by atoms with Crippen LogP contribution in [0.1, 0.15) is 53.9 Å². The number of nitrogens with zero attached hydrogens (tertiary/aromatic N) is 1. The highest BCUT2D eigenvalue weighted by Gasteiger charge is 2.34. The molecule has 1 aliphatic heterocycles. The highest BCUT2D eigenvalue weighted by atomic mass is 15.4. The summed E-state index contributed by atoms with van der Waals surface area (Å²) in [5.41, 5.74) is 0. The molecule has 0 bridgehead atoms. The Labute approximate surface area is 84.7 Å². The minimum absolute atomic E-state index is 0.891. The van der Waals surface area contributed by atoms with E-state index in [1.165, 1.54) is 43.4 Å². The topological polar surface area (TPSA) is 0 Å². The fraction of sp³-hybridized carbons (Fsp3) is 1.00. The van der Waals surface area contributed by atoms with E-state index in [4.69, 9.17) is 0 Å². The molecular weight excluding hydrogens is 158 g/mol. The molecular formula is C12H28N+. The SMILES string of the molecule is CC.CCC(C)[N+]1(CC)CCCC1. The summed E-state index contributed by atoms with van der Waals surface area (Å²) in [4.78, 5) is 0. The summed E-state index contributed by atoms with van der Waals surface area (Å²) in [6, 6.07) is 0.891. The third-order valence-corrected chi connectivity index (χ3v) is 3.61. The molecule has 1 nitrogen and oxygen atoms in total. The Morgan fingerprint density at radius 1 is 1.08 bits per heavy atom. The molecule has 0 aromatic heterocycles. The molecule has 1 atom stereocenters. The Kier molecular flexibility index (Phi) is 6.40. The van der Waals surface area contributed by atoms with Gasteiger partial charge in [0.2, 0.25) is 0 Å². The van der Waals surface area contributed by atoms with E-state index in [9.17, 15) is 0 Å². The molecule has 1 fully saturated rings. The Bertz CT molecular complexity index is 114. The molecule has 1 aliphatic rings. The Balaban J connectivity index is 0.000000671. The molecule has 1 unspecified atom stereocenters. The lowest BCUT2D eigenvalue weighted by Crippen LogP contribution is -2.51.